The van der Waals surface area contributed by atoms with Crippen molar-refractivity contribution < 1.29 is 19.1 Å². The van der Waals surface area contributed by atoms with E-state index in [0.29, 0.717) is 24.6 Å². The Hall–Kier alpha value is -2.45. The minimum absolute atomic E-state index is 0.0249. The highest BCUT2D eigenvalue weighted by atomic mass is 32.1. The lowest BCUT2D eigenvalue weighted by atomic mass is 10.1. The number of rotatable bonds is 9. The SMILES string of the molecule is CCCCNC(=O)CN1C(=O)C(C)Oc2ccc(-c3csc(CCOC)n3)cc21. The van der Waals surface area contributed by atoms with Gasteiger partial charge in [-0.1, -0.05) is 13.3 Å². The predicted octanol–water partition coefficient (Wildman–Crippen LogP) is 3.03. The molecule has 0 aliphatic carbocycles. The van der Waals surface area contributed by atoms with E-state index in [9.17, 15) is 9.59 Å². The summed E-state index contributed by atoms with van der Waals surface area (Å²) >= 11 is 1.58. The summed E-state index contributed by atoms with van der Waals surface area (Å²) in [5.41, 5.74) is 2.32. The molecule has 0 fully saturated rings. The highest BCUT2D eigenvalue weighted by Crippen LogP contribution is 2.37. The molecule has 2 amide bonds. The number of hydrogen-bond donors (Lipinski definition) is 1. The predicted molar refractivity (Wildman–Crippen MR) is 113 cm³/mol. The van der Waals surface area contributed by atoms with Gasteiger partial charge in [0.1, 0.15) is 12.3 Å². The molecule has 2 heterocycles. The van der Waals surface area contributed by atoms with Crippen molar-refractivity contribution in [1.29, 1.82) is 0 Å². The second-order valence-corrected chi connectivity index (χ2v) is 7.88. The number of thiazole rings is 1. The third kappa shape index (κ3) is 5.13. The average molecular weight is 418 g/mol. The van der Waals surface area contributed by atoms with E-state index in [4.69, 9.17) is 9.47 Å². The molecule has 1 N–H and O–H groups in total. The Morgan fingerprint density at radius 3 is 3.00 bits per heavy atom. The minimum atomic E-state index is -0.628. The first-order valence-electron chi connectivity index (χ1n) is 9.86. The van der Waals surface area contributed by atoms with Gasteiger partial charge in [0.2, 0.25) is 5.91 Å². The number of carbonyl (C=O) groups excluding carboxylic acids is 2. The van der Waals surface area contributed by atoms with Gasteiger partial charge in [0.15, 0.2) is 6.10 Å². The maximum Gasteiger partial charge on any atom is 0.268 e. The highest BCUT2D eigenvalue weighted by Gasteiger charge is 2.33. The molecule has 0 radical (unpaired) electrons. The van der Waals surface area contributed by atoms with E-state index >= 15 is 0 Å². The Balaban J connectivity index is 1.83. The molecule has 2 aromatic rings. The fourth-order valence-electron chi connectivity index (χ4n) is 3.08. The van der Waals surface area contributed by atoms with E-state index in [-0.39, 0.29) is 18.4 Å². The molecule has 0 bridgehead atoms. The molecule has 1 aliphatic rings. The summed E-state index contributed by atoms with van der Waals surface area (Å²) in [7, 11) is 1.67. The van der Waals surface area contributed by atoms with Gasteiger partial charge in [0.05, 0.1) is 23.0 Å². The van der Waals surface area contributed by atoms with E-state index in [2.05, 4.69) is 17.2 Å². The summed E-state index contributed by atoms with van der Waals surface area (Å²) in [5, 5.41) is 5.85. The standard InChI is InChI=1S/C21H27N3O4S/c1-4-5-9-22-19(25)12-24-17-11-15(6-7-18(17)28-14(2)21(24)26)16-13-29-20(23-16)8-10-27-3/h6-7,11,13-14H,4-5,8-10,12H2,1-3H3,(H,22,25). The number of methoxy groups -OCH3 is 1. The molecule has 7 nitrogen and oxygen atoms in total. The number of hydrogen-bond acceptors (Lipinski definition) is 6. The number of fused-ring (bicyclic) bond motifs is 1. The normalized spacial score (nSPS) is 15.8. The van der Waals surface area contributed by atoms with E-state index in [0.717, 1.165) is 35.5 Å². The monoisotopic (exact) mass is 417 g/mol. The Kier molecular flexibility index (Phi) is 7.22. The number of carbonyl (C=O) groups is 2. The van der Waals surface area contributed by atoms with Crippen LogP contribution in [-0.4, -0.2) is 49.7 Å². The molecule has 0 saturated carbocycles. The molecule has 156 valence electrons. The quantitative estimate of drug-likeness (QED) is 0.635. The molecule has 1 aromatic heterocycles. The number of nitrogens with one attached hydrogen (secondary N) is 1. The number of amides is 2. The minimum Gasteiger partial charge on any atom is -0.479 e. The van der Waals surface area contributed by atoms with Gasteiger partial charge < -0.3 is 14.8 Å². The third-order valence-electron chi connectivity index (χ3n) is 4.69. The topological polar surface area (TPSA) is 80.8 Å². The number of unbranched alkanes of at least 4 members (excludes halogenated alkanes) is 1. The first-order chi connectivity index (χ1) is 14.0. The van der Waals surface area contributed by atoms with E-state index in [1.54, 1.807) is 25.4 Å². The van der Waals surface area contributed by atoms with Crippen LogP contribution in [0, 0.1) is 0 Å². The molecular formula is C21H27N3O4S. The van der Waals surface area contributed by atoms with Crippen LogP contribution < -0.4 is 15.0 Å². The third-order valence-corrected chi connectivity index (χ3v) is 5.60. The van der Waals surface area contributed by atoms with Gasteiger partial charge in [-0.25, -0.2) is 4.98 Å². The molecule has 1 unspecified atom stereocenters. The maximum absolute atomic E-state index is 12.7. The number of benzene rings is 1. The zero-order valence-electron chi connectivity index (χ0n) is 17.1. The second kappa shape index (κ2) is 9.84. The average Bonchev–Trinajstić information content (AvgIpc) is 3.19. The number of anilines is 1. The summed E-state index contributed by atoms with van der Waals surface area (Å²) in [4.78, 5) is 31.2. The fourth-order valence-corrected chi connectivity index (χ4v) is 3.87. The highest BCUT2D eigenvalue weighted by molar-refractivity contribution is 7.09. The van der Waals surface area contributed by atoms with Gasteiger partial charge in [-0.2, -0.15) is 0 Å². The van der Waals surface area contributed by atoms with E-state index < -0.39 is 6.10 Å². The summed E-state index contributed by atoms with van der Waals surface area (Å²) in [6, 6.07) is 5.63. The molecule has 1 aliphatic heterocycles. The van der Waals surface area contributed by atoms with Crippen LogP contribution in [0.4, 0.5) is 5.69 Å². The number of ether oxygens (including phenoxy) is 2. The van der Waals surface area contributed by atoms with Crippen molar-refractivity contribution in [3.63, 3.8) is 0 Å². The van der Waals surface area contributed by atoms with Gasteiger partial charge in [-0.3, -0.25) is 14.5 Å². The Morgan fingerprint density at radius 2 is 2.24 bits per heavy atom. The van der Waals surface area contributed by atoms with Crippen molar-refractivity contribution >= 4 is 28.8 Å². The van der Waals surface area contributed by atoms with Gasteiger partial charge in [-0.15, -0.1) is 11.3 Å². The van der Waals surface area contributed by atoms with Crippen molar-refractivity contribution in [2.75, 3.05) is 31.7 Å². The summed E-state index contributed by atoms with van der Waals surface area (Å²) in [5.74, 6) is 0.198. The molecular weight excluding hydrogens is 390 g/mol. The first-order valence-corrected chi connectivity index (χ1v) is 10.7. The second-order valence-electron chi connectivity index (χ2n) is 6.94. The van der Waals surface area contributed by atoms with Crippen LogP contribution in [-0.2, 0) is 20.7 Å². The fraction of sp³-hybridized carbons (Fsp3) is 0.476. The van der Waals surface area contributed by atoms with Crippen LogP contribution in [0.15, 0.2) is 23.6 Å². The zero-order valence-corrected chi connectivity index (χ0v) is 17.9. The summed E-state index contributed by atoms with van der Waals surface area (Å²) in [6.07, 6.45) is 2.04. The van der Waals surface area contributed by atoms with Crippen LogP contribution in [0.5, 0.6) is 5.75 Å². The maximum atomic E-state index is 12.7. The zero-order chi connectivity index (χ0) is 20.8. The van der Waals surface area contributed by atoms with Crippen molar-refractivity contribution in [2.45, 2.75) is 39.2 Å². The van der Waals surface area contributed by atoms with Crippen LogP contribution >= 0.6 is 11.3 Å². The smallest absolute Gasteiger partial charge is 0.268 e. The number of nitrogens with zero attached hydrogens (tertiary/aromatic N) is 2. The summed E-state index contributed by atoms with van der Waals surface area (Å²) in [6.45, 7) is 4.97. The van der Waals surface area contributed by atoms with E-state index in [1.807, 2.05) is 23.6 Å². The molecule has 29 heavy (non-hydrogen) atoms. The first kappa shape index (κ1) is 21.3. The van der Waals surface area contributed by atoms with Gasteiger partial charge in [-0.05, 0) is 31.5 Å². The lowest BCUT2D eigenvalue weighted by Crippen LogP contribution is -2.48. The molecule has 3 rings (SSSR count). The van der Waals surface area contributed by atoms with Gasteiger partial charge in [0, 0.05) is 31.0 Å². The van der Waals surface area contributed by atoms with Crippen molar-refractivity contribution in [3.05, 3.63) is 28.6 Å². The lowest BCUT2D eigenvalue weighted by Gasteiger charge is -2.32. The van der Waals surface area contributed by atoms with Crippen LogP contribution in [0.3, 0.4) is 0 Å². The summed E-state index contributed by atoms with van der Waals surface area (Å²) < 4.78 is 10.9. The molecule has 0 spiro atoms. The van der Waals surface area contributed by atoms with Crippen molar-refractivity contribution in [2.24, 2.45) is 0 Å². The van der Waals surface area contributed by atoms with Crippen molar-refractivity contribution in [3.8, 4) is 17.0 Å². The largest absolute Gasteiger partial charge is 0.479 e. The van der Waals surface area contributed by atoms with Crippen LogP contribution in [0.25, 0.3) is 11.3 Å². The lowest BCUT2D eigenvalue weighted by molar-refractivity contribution is -0.128. The Labute approximate surface area is 175 Å². The Bertz CT molecular complexity index is 867. The molecule has 1 aromatic carbocycles. The van der Waals surface area contributed by atoms with Crippen LogP contribution in [0.1, 0.15) is 31.7 Å². The number of aromatic nitrogens is 1. The molecule has 1 atom stereocenters. The van der Waals surface area contributed by atoms with Crippen molar-refractivity contribution in [1.82, 2.24) is 10.3 Å². The van der Waals surface area contributed by atoms with Crippen LogP contribution in [0.2, 0.25) is 0 Å². The molecule has 0 saturated heterocycles. The Morgan fingerprint density at radius 1 is 1.41 bits per heavy atom. The van der Waals surface area contributed by atoms with Gasteiger partial charge >= 0.3 is 0 Å². The van der Waals surface area contributed by atoms with Gasteiger partial charge in [0.25, 0.3) is 5.91 Å². The van der Waals surface area contributed by atoms with E-state index in [1.165, 1.54) is 4.90 Å². The molecule has 8 heteroatoms.